The molecule has 1 unspecified atom stereocenters. The van der Waals surface area contributed by atoms with Crippen LogP contribution in [0.1, 0.15) is 73.8 Å². The minimum atomic E-state index is -3.91. The van der Waals surface area contributed by atoms with Crippen LogP contribution >= 0.6 is 0 Å². The molecule has 0 aromatic heterocycles. The highest BCUT2D eigenvalue weighted by molar-refractivity contribution is 7.92. The van der Waals surface area contributed by atoms with E-state index in [9.17, 15) is 18.0 Å². The van der Waals surface area contributed by atoms with E-state index < -0.39 is 15.1 Å². The lowest BCUT2D eigenvalue weighted by Gasteiger charge is -2.36. The van der Waals surface area contributed by atoms with Crippen LogP contribution in [0.4, 0.5) is 0 Å². The topological polar surface area (TPSA) is 74.8 Å². The number of rotatable bonds is 8. The molecule has 0 bridgehead atoms. The Bertz CT molecular complexity index is 1250. The summed E-state index contributed by atoms with van der Waals surface area (Å²) in [5.41, 5.74) is 3.04. The van der Waals surface area contributed by atoms with Crippen molar-refractivity contribution in [1.29, 1.82) is 0 Å². The summed E-state index contributed by atoms with van der Waals surface area (Å²) in [6.45, 7) is 5.16. The number of hydrogen-bond acceptors (Lipinski definition) is 5. The lowest BCUT2D eigenvalue weighted by atomic mass is 9.89. The van der Waals surface area contributed by atoms with E-state index in [0.717, 1.165) is 38.8 Å². The van der Waals surface area contributed by atoms with Gasteiger partial charge < -0.3 is 4.90 Å². The van der Waals surface area contributed by atoms with Gasteiger partial charge in [-0.05, 0) is 73.3 Å². The minimum Gasteiger partial charge on any atom is -0.343 e. The molecule has 7 heteroatoms. The number of likely N-dealkylation sites (tertiary alicyclic amines) is 1. The number of sulfone groups is 1. The molecular formula is C31H40N2O4S. The molecule has 1 aliphatic carbocycles. The number of carbonyl (C=O) groups is 2. The summed E-state index contributed by atoms with van der Waals surface area (Å²) in [7, 11) is -3.91. The van der Waals surface area contributed by atoms with Crippen molar-refractivity contribution in [3.05, 3.63) is 65.2 Å². The van der Waals surface area contributed by atoms with Gasteiger partial charge in [0.2, 0.25) is 5.91 Å². The summed E-state index contributed by atoms with van der Waals surface area (Å²) < 4.78 is 27.9. The fourth-order valence-corrected chi connectivity index (χ4v) is 8.08. The van der Waals surface area contributed by atoms with Crippen LogP contribution in [0.3, 0.4) is 0 Å². The van der Waals surface area contributed by atoms with E-state index in [1.165, 1.54) is 30.4 Å². The first-order valence-corrected chi connectivity index (χ1v) is 15.9. The first-order chi connectivity index (χ1) is 18.4. The summed E-state index contributed by atoms with van der Waals surface area (Å²) in [5.74, 6) is -0.00677. The fraction of sp³-hybridized carbons (Fsp3) is 0.548. The molecule has 0 radical (unpaired) electrons. The Morgan fingerprint density at radius 3 is 2.21 bits per heavy atom. The van der Waals surface area contributed by atoms with Crippen LogP contribution in [0.2, 0.25) is 0 Å². The van der Waals surface area contributed by atoms with Crippen molar-refractivity contribution in [2.75, 3.05) is 26.2 Å². The maximum absolute atomic E-state index is 13.9. The molecule has 1 saturated carbocycles. The van der Waals surface area contributed by atoms with E-state index in [4.69, 9.17) is 0 Å². The second-order valence-corrected chi connectivity index (χ2v) is 13.3. The van der Waals surface area contributed by atoms with E-state index in [2.05, 4.69) is 11.0 Å². The molecule has 204 valence electrons. The third-order valence-corrected chi connectivity index (χ3v) is 11.0. The fourth-order valence-electron chi connectivity index (χ4n) is 6.33. The van der Waals surface area contributed by atoms with E-state index >= 15 is 0 Å². The predicted molar refractivity (Wildman–Crippen MR) is 149 cm³/mol. The number of fused-ring (bicyclic) bond motifs is 1. The first kappa shape index (κ1) is 27.1. The third kappa shape index (κ3) is 5.74. The van der Waals surface area contributed by atoms with Gasteiger partial charge in [0.05, 0.1) is 4.90 Å². The molecule has 5 rings (SSSR count). The molecule has 1 amide bonds. The second-order valence-electron chi connectivity index (χ2n) is 11.2. The van der Waals surface area contributed by atoms with Crippen molar-refractivity contribution in [2.45, 2.75) is 80.9 Å². The van der Waals surface area contributed by atoms with Gasteiger partial charge in [-0.25, -0.2) is 8.42 Å². The van der Waals surface area contributed by atoms with Crippen LogP contribution in [0.25, 0.3) is 0 Å². The number of piperidine rings is 1. The average molecular weight is 537 g/mol. The minimum absolute atomic E-state index is 0.0914. The van der Waals surface area contributed by atoms with Gasteiger partial charge in [0.1, 0.15) is 5.25 Å². The Kier molecular flexibility index (Phi) is 8.34. The van der Waals surface area contributed by atoms with E-state index in [1.807, 2.05) is 24.0 Å². The SMILES string of the molecule is CCC(=O)N1CCC(CC(=O)C(c2ccc3c(c2)CCN(C2CCC2)CC3)S(=O)(=O)c2ccccc2)CC1. The number of hydrogen-bond donors (Lipinski definition) is 0. The van der Waals surface area contributed by atoms with Crippen molar-refractivity contribution >= 4 is 21.5 Å². The highest BCUT2D eigenvalue weighted by Gasteiger charge is 2.37. The molecule has 0 spiro atoms. The first-order valence-electron chi connectivity index (χ1n) is 14.3. The highest BCUT2D eigenvalue weighted by Crippen LogP contribution is 2.35. The Morgan fingerprint density at radius 2 is 1.58 bits per heavy atom. The second kappa shape index (κ2) is 11.7. The Labute approximate surface area is 227 Å². The van der Waals surface area contributed by atoms with Crippen LogP contribution in [-0.4, -0.2) is 62.1 Å². The Morgan fingerprint density at radius 1 is 0.895 bits per heavy atom. The molecule has 1 atom stereocenters. The smallest absolute Gasteiger partial charge is 0.222 e. The van der Waals surface area contributed by atoms with Gasteiger partial charge in [-0.3, -0.25) is 14.5 Å². The molecule has 3 aliphatic rings. The number of ketones is 1. The lowest BCUT2D eigenvalue weighted by molar-refractivity contribution is -0.132. The average Bonchev–Trinajstić information content (AvgIpc) is 3.10. The van der Waals surface area contributed by atoms with Crippen LogP contribution in [0.15, 0.2) is 53.4 Å². The van der Waals surface area contributed by atoms with Crippen molar-refractivity contribution < 1.29 is 18.0 Å². The molecule has 2 fully saturated rings. The van der Waals surface area contributed by atoms with Gasteiger partial charge >= 0.3 is 0 Å². The van der Waals surface area contributed by atoms with Crippen molar-refractivity contribution in [3.63, 3.8) is 0 Å². The van der Waals surface area contributed by atoms with Gasteiger partial charge in [0.15, 0.2) is 15.6 Å². The van der Waals surface area contributed by atoms with E-state index in [1.54, 1.807) is 30.3 Å². The highest BCUT2D eigenvalue weighted by atomic mass is 32.2. The van der Waals surface area contributed by atoms with Crippen LogP contribution in [0, 0.1) is 5.92 Å². The molecule has 2 aromatic rings. The van der Waals surface area contributed by atoms with Crippen LogP contribution < -0.4 is 0 Å². The largest absolute Gasteiger partial charge is 0.343 e. The summed E-state index contributed by atoms with van der Waals surface area (Å²) in [5, 5.41) is -1.21. The standard InChI is InChI=1S/C31H40N2O4S/c1-2-30(35)33-17-13-23(14-18-33)21-29(34)31(38(36,37)28-9-4-3-5-10-28)26-12-11-24-15-19-32(27-7-6-8-27)20-16-25(24)22-26/h3-5,9-12,22-23,27,31H,2,6-8,13-21H2,1H3. The van der Waals surface area contributed by atoms with Crippen molar-refractivity contribution in [3.8, 4) is 0 Å². The van der Waals surface area contributed by atoms with Gasteiger partial charge in [-0.1, -0.05) is 49.7 Å². The maximum Gasteiger partial charge on any atom is 0.222 e. The molecule has 0 N–H and O–H groups in total. The van der Waals surface area contributed by atoms with Gasteiger partial charge in [0.25, 0.3) is 0 Å². The van der Waals surface area contributed by atoms with E-state index in [-0.39, 0.29) is 28.9 Å². The normalized spacial score (nSPS) is 20.3. The Hall–Kier alpha value is -2.51. The maximum atomic E-state index is 13.9. The molecule has 2 aromatic carbocycles. The number of amides is 1. The predicted octanol–water partition coefficient (Wildman–Crippen LogP) is 4.76. The monoisotopic (exact) mass is 536 g/mol. The quantitative estimate of drug-likeness (QED) is 0.486. The summed E-state index contributed by atoms with van der Waals surface area (Å²) >= 11 is 0. The zero-order valence-electron chi connectivity index (χ0n) is 22.5. The third-order valence-electron chi connectivity index (χ3n) is 8.89. The summed E-state index contributed by atoms with van der Waals surface area (Å²) in [4.78, 5) is 30.6. The summed E-state index contributed by atoms with van der Waals surface area (Å²) in [6.07, 6.45) is 7.88. The molecule has 38 heavy (non-hydrogen) atoms. The molecule has 2 aliphatic heterocycles. The van der Waals surface area contributed by atoms with Crippen LogP contribution in [-0.2, 0) is 32.3 Å². The lowest BCUT2D eigenvalue weighted by Crippen LogP contribution is -2.41. The zero-order chi connectivity index (χ0) is 26.7. The van der Waals surface area contributed by atoms with Gasteiger partial charge in [-0.15, -0.1) is 0 Å². The van der Waals surface area contributed by atoms with Crippen molar-refractivity contribution in [1.82, 2.24) is 9.80 Å². The number of nitrogens with zero attached hydrogens (tertiary/aromatic N) is 2. The molecule has 6 nitrogen and oxygen atoms in total. The summed E-state index contributed by atoms with van der Waals surface area (Å²) in [6, 6.07) is 15.0. The number of carbonyl (C=O) groups excluding carboxylic acids is 2. The number of benzene rings is 2. The van der Waals surface area contributed by atoms with E-state index in [0.29, 0.717) is 31.1 Å². The Balaban J connectivity index is 1.39. The van der Waals surface area contributed by atoms with Crippen LogP contribution in [0.5, 0.6) is 0 Å². The molecular weight excluding hydrogens is 496 g/mol. The number of Topliss-reactive ketones (excluding diaryl/α,β-unsaturated/α-hetero) is 1. The van der Waals surface area contributed by atoms with Gasteiger partial charge in [0, 0.05) is 45.1 Å². The molecule has 2 heterocycles. The zero-order valence-corrected chi connectivity index (χ0v) is 23.3. The van der Waals surface area contributed by atoms with Gasteiger partial charge in [-0.2, -0.15) is 0 Å². The van der Waals surface area contributed by atoms with Crippen molar-refractivity contribution in [2.24, 2.45) is 5.92 Å². The molecule has 1 saturated heterocycles.